The molecule has 1 atom stereocenters. The zero-order valence-corrected chi connectivity index (χ0v) is 14.4. The van der Waals surface area contributed by atoms with Gasteiger partial charge in [0, 0.05) is 11.6 Å². The SMILES string of the molecule is CON(C(=O)O)c1ccccc1C(Oc1ccn[nH]1)c1ccc(C)cc1. The van der Waals surface area contributed by atoms with E-state index in [0.29, 0.717) is 17.1 Å². The summed E-state index contributed by atoms with van der Waals surface area (Å²) in [5.74, 6) is 0.477. The Morgan fingerprint density at radius 1 is 1.15 bits per heavy atom. The highest BCUT2D eigenvalue weighted by molar-refractivity contribution is 5.85. The number of nitrogens with zero attached hydrogens (tertiary/aromatic N) is 2. The van der Waals surface area contributed by atoms with Crippen molar-refractivity contribution in [1.82, 2.24) is 10.2 Å². The molecule has 3 aromatic rings. The number of para-hydroxylation sites is 1. The van der Waals surface area contributed by atoms with Crippen LogP contribution in [0.5, 0.6) is 5.88 Å². The van der Waals surface area contributed by atoms with Crippen molar-refractivity contribution >= 4 is 11.8 Å². The van der Waals surface area contributed by atoms with Crippen LogP contribution in [-0.4, -0.2) is 28.5 Å². The normalized spacial score (nSPS) is 11.8. The molecule has 0 radical (unpaired) electrons. The first-order valence-corrected chi connectivity index (χ1v) is 7.99. The van der Waals surface area contributed by atoms with Crippen molar-refractivity contribution in [3.8, 4) is 5.88 Å². The van der Waals surface area contributed by atoms with Gasteiger partial charge in [-0.25, -0.2) is 9.89 Å². The first kappa shape index (κ1) is 17.5. The van der Waals surface area contributed by atoms with E-state index in [1.807, 2.05) is 43.3 Å². The number of aryl methyl sites for hydroxylation is 1. The molecular weight excluding hydrogens is 334 g/mol. The van der Waals surface area contributed by atoms with E-state index in [4.69, 9.17) is 9.57 Å². The lowest BCUT2D eigenvalue weighted by Crippen LogP contribution is -2.29. The van der Waals surface area contributed by atoms with Gasteiger partial charge in [0.1, 0.15) is 0 Å². The minimum atomic E-state index is -1.22. The highest BCUT2D eigenvalue weighted by Gasteiger charge is 2.25. The molecule has 26 heavy (non-hydrogen) atoms. The zero-order valence-electron chi connectivity index (χ0n) is 14.4. The van der Waals surface area contributed by atoms with Crippen LogP contribution in [0.25, 0.3) is 0 Å². The Bertz CT molecular complexity index is 863. The molecule has 7 nitrogen and oxygen atoms in total. The van der Waals surface area contributed by atoms with Crippen molar-refractivity contribution < 1.29 is 19.5 Å². The number of benzene rings is 2. The maximum atomic E-state index is 11.5. The van der Waals surface area contributed by atoms with Crippen LogP contribution >= 0.6 is 0 Å². The summed E-state index contributed by atoms with van der Waals surface area (Å²) < 4.78 is 6.09. The van der Waals surface area contributed by atoms with Crippen LogP contribution in [0.15, 0.2) is 60.8 Å². The summed E-state index contributed by atoms with van der Waals surface area (Å²) in [6, 6.07) is 16.6. The molecule has 1 heterocycles. The van der Waals surface area contributed by atoms with Gasteiger partial charge in [0.2, 0.25) is 5.88 Å². The van der Waals surface area contributed by atoms with Crippen LogP contribution in [-0.2, 0) is 4.84 Å². The van der Waals surface area contributed by atoms with E-state index >= 15 is 0 Å². The topological polar surface area (TPSA) is 87.7 Å². The summed E-state index contributed by atoms with van der Waals surface area (Å²) in [6.45, 7) is 2.00. The Morgan fingerprint density at radius 2 is 1.88 bits per heavy atom. The summed E-state index contributed by atoms with van der Waals surface area (Å²) in [5, 5.41) is 16.9. The Labute approximate surface area is 150 Å². The molecule has 0 fully saturated rings. The highest BCUT2D eigenvalue weighted by atomic mass is 16.7. The van der Waals surface area contributed by atoms with E-state index in [2.05, 4.69) is 10.2 Å². The average Bonchev–Trinajstić information content (AvgIpc) is 3.15. The average molecular weight is 353 g/mol. The second-order valence-electron chi connectivity index (χ2n) is 5.65. The first-order chi connectivity index (χ1) is 12.6. The monoisotopic (exact) mass is 353 g/mol. The third-order valence-corrected chi connectivity index (χ3v) is 3.89. The Hall–Kier alpha value is -3.32. The van der Waals surface area contributed by atoms with Crippen molar-refractivity contribution in [2.45, 2.75) is 13.0 Å². The predicted molar refractivity (Wildman–Crippen MR) is 96.2 cm³/mol. The number of amides is 1. The van der Waals surface area contributed by atoms with Gasteiger partial charge < -0.3 is 9.84 Å². The van der Waals surface area contributed by atoms with Crippen LogP contribution in [0.2, 0.25) is 0 Å². The molecule has 0 aliphatic rings. The Morgan fingerprint density at radius 3 is 2.50 bits per heavy atom. The van der Waals surface area contributed by atoms with Crippen molar-refractivity contribution in [2.75, 3.05) is 12.2 Å². The lowest BCUT2D eigenvalue weighted by atomic mass is 9.98. The number of aromatic amines is 1. The second-order valence-corrected chi connectivity index (χ2v) is 5.65. The van der Waals surface area contributed by atoms with E-state index < -0.39 is 12.2 Å². The lowest BCUT2D eigenvalue weighted by molar-refractivity contribution is 0.129. The molecule has 0 bridgehead atoms. The van der Waals surface area contributed by atoms with Crippen molar-refractivity contribution in [1.29, 1.82) is 0 Å². The Kier molecular flexibility index (Phi) is 5.19. The Balaban J connectivity index is 2.10. The smallest absolute Gasteiger partial charge is 0.436 e. The van der Waals surface area contributed by atoms with Gasteiger partial charge in [-0.3, -0.25) is 4.84 Å². The number of aromatic nitrogens is 2. The lowest BCUT2D eigenvalue weighted by Gasteiger charge is -2.25. The number of hydroxylamine groups is 1. The summed E-state index contributed by atoms with van der Waals surface area (Å²) >= 11 is 0. The fraction of sp³-hybridized carbons (Fsp3) is 0.158. The van der Waals surface area contributed by atoms with E-state index in [-0.39, 0.29) is 0 Å². The van der Waals surface area contributed by atoms with Crippen LogP contribution in [0.3, 0.4) is 0 Å². The third kappa shape index (κ3) is 3.68. The molecule has 0 saturated carbocycles. The summed E-state index contributed by atoms with van der Waals surface area (Å²) in [7, 11) is 1.31. The van der Waals surface area contributed by atoms with E-state index in [9.17, 15) is 9.90 Å². The molecule has 7 heteroatoms. The van der Waals surface area contributed by atoms with Crippen LogP contribution in [0.4, 0.5) is 10.5 Å². The number of carboxylic acid groups (broad SMARTS) is 1. The number of nitrogens with one attached hydrogen (secondary N) is 1. The maximum Gasteiger partial charge on any atom is 0.436 e. The number of ether oxygens (including phenoxy) is 1. The highest BCUT2D eigenvalue weighted by Crippen LogP contribution is 2.34. The van der Waals surface area contributed by atoms with Crippen LogP contribution < -0.4 is 9.80 Å². The van der Waals surface area contributed by atoms with Gasteiger partial charge in [0.15, 0.2) is 6.10 Å². The molecule has 2 N–H and O–H groups in total. The molecule has 1 amide bonds. The maximum absolute atomic E-state index is 11.5. The minimum absolute atomic E-state index is 0.382. The fourth-order valence-electron chi connectivity index (χ4n) is 2.66. The molecule has 0 spiro atoms. The van der Waals surface area contributed by atoms with Gasteiger partial charge in [0.05, 0.1) is 19.0 Å². The summed E-state index contributed by atoms with van der Waals surface area (Å²) in [5.41, 5.74) is 3.02. The standard InChI is InChI=1S/C19H19N3O4/c1-13-7-9-14(10-8-13)18(26-17-11-12-20-21-17)15-5-3-4-6-16(15)22(25-2)19(23)24/h3-12,18H,1-2H3,(H,20,21)(H,23,24). The number of rotatable bonds is 6. The molecule has 1 unspecified atom stereocenters. The molecule has 0 aliphatic carbocycles. The van der Waals surface area contributed by atoms with Crippen molar-refractivity contribution in [2.24, 2.45) is 0 Å². The molecule has 0 aliphatic heterocycles. The van der Waals surface area contributed by atoms with Crippen LogP contribution in [0.1, 0.15) is 22.8 Å². The van der Waals surface area contributed by atoms with Gasteiger partial charge in [0.25, 0.3) is 0 Å². The molecule has 2 aromatic carbocycles. The number of hydrogen-bond acceptors (Lipinski definition) is 4. The number of anilines is 1. The molecule has 1 aromatic heterocycles. The largest absolute Gasteiger partial charge is 0.465 e. The summed E-state index contributed by atoms with van der Waals surface area (Å²) in [4.78, 5) is 16.6. The van der Waals surface area contributed by atoms with Crippen LogP contribution in [0, 0.1) is 6.92 Å². The fourth-order valence-corrected chi connectivity index (χ4v) is 2.66. The quantitative estimate of drug-likeness (QED) is 0.656. The van der Waals surface area contributed by atoms with Gasteiger partial charge >= 0.3 is 6.09 Å². The third-order valence-electron chi connectivity index (χ3n) is 3.89. The molecule has 3 rings (SSSR count). The molecule has 134 valence electrons. The molecular formula is C19H19N3O4. The van der Waals surface area contributed by atoms with Gasteiger partial charge in [-0.2, -0.15) is 10.2 Å². The van der Waals surface area contributed by atoms with Crippen molar-refractivity contribution in [3.05, 3.63) is 77.5 Å². The van der Waals surface area contributed by atoms with Crippen molar-refractivity contribution in [3.63, 3.8) is 0 Å². The first-order valence-electron chi connectivity index (χ1n) is 7.99. The van der Waals surface area contributed by atoms with Gasteiger partial charge in [-0.05, 0) is 18.6 Å². The van der Waals surface area contributed by atoms with Gasteiger partial charge in [-0.1, -0.05) is 48.0 Å². The molecule has 0 saturated heterocycles. The second kappa shape index (κ2) is 7.71. The van der Waals surface area contributed by atoms with E-state index in [1.54, 1.807) is 24.4 Å². The van der Waals surface area contributed by atoms with E-state index in [0.717, 1.165) is 16.2 Å². The van der Waals surface area contributed by atoms with Gasteiger partial charge in [-0.15, -0.1) is 0 Å². The zero-order chi connectivity index (χ0) is 18.5. The summed E-state index contributed by atoms with van der Waals surface area (Å²) in [6.07, 6.45) is -0.181. The number of H-pyrrole nitrogens is 1. The number of hydrogen-bond donors (Lipinski definition) is 2. The predicted octanol–water partition coefficient (Wildman–Crippen LogP) is 3.93. The van der Waals surface area contributed by atoms with E-state index in [1.165, 1.54) is 7.11 Å². The minimum Gasteiger partial charge on any atom is -0.465 e. The number of carbonyl (C=O) groups is 1.